The third-order valence-electron chi connectivity index (χ3n) is 2.07. The fraction of sp³-hybridized carbons (Fsp3) is 0.636. The number of hydrogen-bond donors (Lipinski definition) is 2. The SMILES string of the molecule is C/C=C\C(=C(/C)Cl)[C@H](O)[C@@H](O)C(C)C. The molecule has 0 fully saturated rings. The van der Waals surface area contributed by atoms with Crippen LogP contribution in [0.15, 0.2) is 22.8 Å². The van der Waals surface area contributed by atoms with E-state index in [4.69, 9.17) is 11.6 Å². The van der Waals surface area contributed by atoms with Crippen LogP contribution in [-0.2, 0) is 0 Å². The van der Waals surface area contributed by atoms with E-state index in [9.17, 15) is 10.2 Å². The van der Waals surface area contributed by atoms with Gasteiger partial charge in [-0.05, 0) is 25.3 Å². The number of halogens is 1. The van der Waals surface area contributed by atoms with Crippen LogP contribution in [0.3, 0.4) is 0 Å². The summed E-state index contributed by atoms with van der Waals surface area (Å²) in [5.41, 5.74) is 0.579. The summed E-state index contributed by atoms with van der Waals surface area (Å²) in [6, 6.07) is 0. The number of aliphatic hydroxyl groups is 2. The standard InChI is InChI=1S/C11H19ClO2/c1-5-6-9(8(4)12)11(14)10(13)7(2)3/h5-7,10-11,13-14H,1-4H3/b6-5-,9-8-/t10-,11-/m0/s1. The van der Waals surface area contributed by atoms with Crippen LogP contribution < -0.4 is 0 Å². The molecule has 14 heavy (non-hydrogen) atoms. The molecule has 0 spiro atoms. The average molecular weight is 219 g/mol. The summed E-state index contributed by atoms with van der Waals surface area (Å²) in [6.45, 7) is 7.25. The van der Waals surface area contributed by atoms with E-state index in [1.807, 2.05) is 20.8 Å². The Hall–Kier alpha value is -0.310. The number of rotatable bonds is 4. The predicted octanol–water partition coefficient (Wildman–Crippen LogP) is 2.45. The van der Waals surface area contributed by atoms with E-state index in [0.717, 1.165) is 0 Å². The van der Waals surface area contributed by atoms with Gasteiger partial charge in [-0.2, -0.15) is 0 Å². The summed E-state index contributed by atoms with van der Waals surface area (Å²) >= 11 is 5.82. The molecular weight excluding hydrogens is 200 g/mol. The highest BCUT2D eigenvalue weighted by atomic mass is 35.5. The lowest BCUT2D eigenvalue weighted by Crippen LogP contribution is -2.32. The first-order valence-corrected chi connectivity index (χ1v) is 5.14. The van der Waals surface area contributed by atoms with Gasteiger partial charge in [-0.15, -0.1) is 0 Å². The molecule has 0 rings (SSSR count). The largest absolute Gasteiger partial charge is 0.390 e. The van der Waals surface area contributed by atoms with E-state index >= 15 is 0 Å². The van der Waals surface area contributed by atoms with E-state index < -0.39 is 12.2 Å². The summed E-state index contributed by atoms with van der Waals surface area (Å²) in [5.74, 6) is 0.00118. The second-order valence-corrected chi connectivity index (χ2v) is 4.24. The summed E-state index contributed by atoms with van der Waals surface area (Å²) < 4.78 is 0. The maximum atomic E-state index is 9.81. The van der Waals surface area contributed by atoms with Crippen molar-refractivity contribution in [2.75, 3.05) is 0 Å². The average Bonchev–Trinajstić information content (AvgIpc) is 2.11. The lowest BCUT2D eigenvalue weighted by Gasteiger charge is -2.22. The molecule has 2 N–H and O–H groups in total. The molecular formula is C11H19ClO2. The molecule has 3 heteroatoms. The summed E-state index contributed by atoms with van der Waals surface area (Å²) in [7, 11) is 0. The van der Waals surface area contributed by atoms with Gasteiger partial charge in [-0.3, -0.25) is 0 Å². The molecule has 82 valence electrons. The van der Waals surface area contributed by atoms with Gasteiger partial charge in [-0.25, -0.2) is 0 Å². The normalized spacial score (nSPS) is 18.6. The molecule has 0 bridgehead atoms. The Morgan fingerprint density at radius 1 is 1.29 bits per heavy atom. The third kappa shape index (κ3) is 3.82. The molecule has 2 nitrogen and oxygen atoms in total. The number of allylic oxidation sites excluding steroid dienone is 2. The van der Waals surface area contributed by atoms with Gasteiger partial charge in [0.05, 0.1) is 6.10 Å². The van der Waals surface area contributed by atoms with E-state index in [2.05, 4.69) is 0 Å². The van der Waals surface area contributed by atoms with Crippen molar-refractivity contribution in [1.82, 2.24) is 0 Å². The molecule has 0 saturated heterocycles. The van der Waals surface area contributed by atoms with E-state index in [-0.39, 0.29) is 5.92 Å². The lowest BCUT2D eigenvalue weighted by molar-refractivity contribution is 0.0137. The first-order chi connectivity index (χ1) is 6.41. The molecule has 0 unspecified atom stereocenters. The molecule has 0 amide bonds. The van der Waals surface area contributed by atoms with Crippen molar-refractivity contribution >= 4 is 11.6 Å². The van der Waals surface area contributed by atoms with E-state index in [1.54, 1.807) is 19.1 Å². The zero-order chi connectivity index (χ0) is 11.3. The summed E-state index contributed by atoms with van der Waals surface area (Å²) in [6.07, 6.45) is 1.81. The Kier molecular flexibility index (Phi) is 6.09. The Bertz CT molecular complexity index is 227. The van der Waals surface area contributed by atoms with E-state index in [0.29, 0.717) is 10.6 Å². The summed E-state index contributed by atoms with van der Waals surface area (Å²) in [4.78, 5) is 0. The first kappa shape index (κ1) is 13.7. The molecule has 0 heterocycles. The van der Waals surface area contributed by atoms with Gasteiger partial charge in [0.1, 0.15) is 6.10 Å². The van der Waals surface area contributed by atoms with Crippen LogP contribution in [0.1, 0.15) is 27.7 Å². The smallest absolute Gasteiger partial charge is 0.106 e. The van der Waals surface area contributed by atoms with Crippen molar-refractivity contribution in [3.8, 4) is 0 Å². The van der Waals surface area contributed by atoms with Gasteiger partial charge in [0.25, 0.3) is 0 Å². The molecule has 0 aliphatic carbocycles. The third-order valence-corrected chi connectivity index (χ3v) is 2.29. The van der Waals surface area contributed by atoms with Gasteiger partial charge in [0.15, 0.2) is 0 Å². The Morgan fingerprint density at radius 3 is 2.07 bits per heavy atom. The van der Waals surface area contributed by atoms with Crippen LogP contribution in [0.25, 0.3) is 0 Å². The van der Waals surface area contributed by atoms with Gasteiger partial charge in [0, 0.05) is 5.03 Å². The highest BCUT2D eigenvalue weighted by Crippen LogP contribution is 2.20. The molecule has 0 aliphatic heterocycles. The highest BCUT2D eigenvalue weighted by Gasteiger charge is 2.23. The first-order valence-electron chi connectivity index (χ1n) is 4.76. The molecule has 0 radical (unpaired) electrons. The zero-order valence-corrected chi connectivity index (χ0v) is 9.92. The van der Waals surface area contributed by atoms with Gasteiger partial charge in [-0.1, -0.05) is 37.6 Å². The monoisotopic (exact) mass is 218 g/mol. The van der Waals surface area contributed by atoms with Crippen molar-refractivity contribution in [3.05, 3.63) is 22.8 Å². The topological polar surface area (TPSA) is 40.5 Å². The van der Waals surface area contributed by atoms with Crippen molar-refractivity contribution in [2.45, 2.75) is 39.9 Å². The fourth-order valence-electron chi connectivity index (χ4n) is 1.15. The van der Waals surface area contributed by atoms with Crippen LogP contribution in [0.2, 0.25) is 0 Å². The number of aliphatic hydroxyl groups excluding tert-OH is 2. The van der Waals surface area contributed by atoms with E-state index in [1.165, 1.54) is 0 Å². The van der Waals surface area contributed by atoms with Crippen LogP contribution in [0, 0.1) is 5.92 Å². The molecule has 0 aromatic carbocycles. The quantitative estimate of drug-likeness (QED) is 0.712. The lowest BCUT2D eigenvalue weighted by atomic mass is 9.95. The molecule has 2 atom stereocenters. The van der Waals surface area contributed by atoms with Crippen molar-refractivity contribution < 1.29 is 10.2 Å². The summed E-state index contributed by atoms with van der Waals surface area (Å²) in [5, 5.41) is 20.0. The van der Waals surface area contributed by atoms with Crippen LogP contribution in [0.5, 0.6) is 0 Å². The molecule has 0 saturated carbocycles. The van der Waals surface area contributed by atoms with Crippen molar-refractivity contribution in [2.24, 2.45) is 5.92 Å². The minimum absolute atomic E-state index is 0.00118. The van der Waals surface area contributed by atoms with Crippen LogP contribution in [0.4, 0.5) is 0 Å². The van der Waals surface area contributed by atoms with Gasteiger partial charge in [0.2, 0.25) is 0 Å². The Balaban J connectivity index is 4.79. The Labute approximate surface area is 90.9 Å². The fourth-order valence-corrected chi connectivity index (χ4v) is 1.32. The maximum absolute atomic E-state index is 9.81. The maximum Gasteiger partial charge on any atom is 0.106 e. The predicted molar refractivity (Wildman–Crippen MR) is 60.2 cm³/mol. The molecule has 0 aromatic rings. The van der Waals surface area contributed by atoms with Gasteiger partial charge < -0.3 is 10.2 Å². The second kappa shape index (κ2) is 6.23. The Morgan fingerprint density at radius 2 is 1.79 bits per heavy atom. The highest BCUT2D eigenvalue weighted by molar-refractivity contribution is 6.29. The minimum Gasteiger partial charge on any atom is -0.390 e. The minimum atomic E-state index is -0.913. The molecule has 0 aromatic heterocycles. The van der Waals surface area contributed by atoms with Crippen LogP contribution in [-0.4, -0.2) is 22.4 Å². The second-order valence-electron chi connectivity index (χ2n) is 3.67. The molecule has 0 aliphatic rings. The van der Waals surface area contributed by atoms with Crippen molar-refractivity contribution in [3.63, 3.8) is 0 Å². The van der Waals surface area contributed by atoms with Crippen molar-refractivity contribution in [1.29, 1.82) is 0 Å². The van der Waals surface area contributed by atoms with Crippen LogP contribution >= 0.6 is 11.6 Å². The number of hydrogen-bond acceptors (Lipinski definition) is 2. The van der Waals surface area contributed by atoms with Gasteiger partial charge >= 0.3 is 0 Å². The zero-order valence-electron chi connectivity index (χ0n) is 9.16.